The van der Waals surface area contributed by atoms with Gasteiger partial charge in [0.15, 0.2) is 5.11 Å². The van der Waals surface area contributed by atoms with Crippen molar-refractivity contribution in [3.05, 3.63) is 64.9 Å². The summed E-state index contributed by atoms with van der Waals surface area (Å²) in [6, 6.07) is 14.1. The Kier molecular flexibility index (Phi) is 5.15. The van der Waals surface area contributed by atoms with Crippen LogP contribution < -0.4 is 15.1 Å². The lowest BCUT2D eigenvalue weighted by molar-refractivity contribution is -0.113. The molecule has 0 aromatic heterocycles. The standard InChI is InChI=1S/C22H23N3O2S/c1-15-4-3-5-20(16(15)2)25-21(26)19(23-22(25)28)14-17-6-8-18(9-7-17)24-10-12-27-13-11-24/h3-9,14H,10-13H2,1-2H3,(H,23,28)/b19-14+. The Bertz CT molecular complexity index is 947. The van der Waals surface area contributed by atoms with Gasteiger partial charge in [0.25, 0.3) is 5.91 Å². The van der Waals surface area contributed by atoms with Crippen molar-refractivity contribution in [2.45, 2.75) is 13.8 Å². The number of aryl methyl sites for hydroxylation is 1. The molecular weight excluding hydrogens is 370 g/mol. The predicted octanol–water partition coefficient (Wildman–Crippen LogP) is 3.40. The molecule has 0 spiro atoms. The van der Waals surface area contributed by atoms with Crippen molar-refractivity contribution in [1.82, 2.24) is 5.32 Å². The zero-order valence-electron chi connectivity index (χ0n) is 16.1. The Labute approximate surface area is 170 Å². The van der Waals surface area contributed by atoms with Crippen LogP contribution in [0.4, 0.5) is 11.4 Å². The van der Waals surface area contributed by atoms with Crippen molar-refractivity contribution in [3.63, 3.8) is 0 Å². The molecule has 28 heavy (non-hydrogen) atoms. The van der Waals surface area contributed by atoms with Gasteiger partial charge in [-0.3, -0.25) is 9.69 Å². The highest BCUT2D eigenvalue weighted by molar-refractivity contribution is 7.80. The second-order valence-corrected chi connectivity index (χ2v) is 7.43. The van der Waals surface area contributed by atoms with Crippen LogP contribution in [0.5, 0.6) is 0 Å². The van der Waals surface area contributed by atoms with Crippen LogP contribution in [0.25, 0.3) is 6.08 Å². The van der Waals surface area contributed by atoms with E-state index in [2.05, 4.69) is 22.3 Å². The molecule has 2 aliphatic heterocycles. The van der Waals surface area contributed by atoms with Crippen LogP contribution in [0.15, 0.2) is 48.2 Å². The van der Waals surface area contributed by atoms with Crippen LogP contribution in [0.2, 0.25) is 0 Å². The Morgan fingerprint density at radius 3 is 2.50 bits per heavy atom. The number of morpholine rings is 1. The number of nitrogens with one attached hydrogen (secondary N) is 1. The zero-order chi connectivity index (χ0) is 19.7. The summed E-state index contributed by atoms with van der Waals surface area (Å²) in [5.74, 6) is -0.129. The number of hydrogen-bond donors (Lipinski definition) is 1. The molecule has 2 aromatic carbocycles. The summed E-state index contributed by atoms with van der Waals surface area (Å²) >= 11 is 5.44. The molecule has 1 amide bonds. The van der Waals surface area contributed by atoms with Crippen molar-refractivity contribution >= 4 is 40.7 Å². The molecule has 0 unspecified atom stereocenters. The van der Waals surface area contributed by atoms with Crippen molar-refractivity contribution in [1.29, 1.82) is 0 Å². The number of nitrogens with zero attached hydrogens (tertiary/aromatic N) is 2. The number of benzene rings is 2. The predicted molar refractivity (Wildman–Crippen MR) is 117 cm³/mol. The molecule has 0 atom stereocenters. The average Bonchev–Trinajstić information content (AvgIpc) is 2.98. The molecular formula is C22H23N3O2S. The molecule has 2 heterocycles. The van der Waals surface area contributed by atoms with E-state index >= 15 is 0 Å². The fraction of sp³-hybridized carbons (Fsp3) is 0.273. The number of carbonyl (C=O) groups excluding carboxylic acids is 1. The van der Waals surface area contributed by atoms with Gasteiger partial charge in [0.1, 0.15) is 5.70 Å². The van der Waals surface area contributed by atoms with Crippen LogP contribution in [-0.4, -0.2) is 37.3 Å². The fourth-order valence-electron chi connectivity index (χ4n) is 3.50. The van der Waals surface area contributed by atoms with E-state index < -0.39 is 0 Å². The minimum absolute atomic E-state index is 0.129. The van der Waals surface area contributed by atoms with Gasteiger partial charge in [-0.2, -0.15) is 0 Å². The molecule has 0 saturated carbocycles. The summed E-state index contributed by atoms with van der Waals surface area (Å²) in [7, 11) is 0. The summed E-state index contributed by atoms with van der Waals surface area (Å²) in [6.45, 7) is 7.36. The summed E-state index contributed by atoms with van der Waals surface area (Å²) in [5, 5.41) is 3.48. The van der Waals surface area contributed by atoms with Gasteiger partial charge in [0.05, 0.1) is 18.9 Å². The summed E-state index contributed by atoms with van der Waals surface area (Å²) in [4.78, 5) is 16.9. The average molecular weight is 394 g/mol. The lowest BCUT2D eigenvalue weighted by Gasteiger charge is -2.28. The highest BCUT2D eigenvalue weighted by Gasteiger charge is 2.32. The molecule has 0 bridgehead atoms. The van der Waals surface area contributed by atoms with Gasteiger partial charge < -0.3 is 15.0 Å². The van der Waals surface area contributed by atoms with E-state index in [1.165, 1.54) is 5.69 Å². The first-order valence-electron chi connectivity index (χ1n) is 9.41. The molecule has 0 aliphatic carbocycles. The van der Waals surface area contributed by atoms with Crippen molar-refractivity contribution in [2.75, 3.05) is 36.1 Å². The van der Waals surface area contributed by atoms with Gasteiger partial charge in [-0.15, -0.1) is 0 Å². The van der Waals surface area contributed by atoms with Crippen molar-refractivity contribution in [3.8, 4) is 0 Å². The fourth-order valence-corrected chi connectivity index (χ4v) is 3.79. The smallest absolute Gasteiger partial charge is 0.281 e. The van der Waals surface area contributed by atoms with Gasteiger partial charge in [-0.1, -0.05) is 24.3 Å². The first kappa shape index (κ1) is 18.7. The maximum absolute atomic E-state index is 13.0. The minimum Gasteiger partial charge on any atom is -0.378 e. The summed E-state index contributed by atoms with van der Waals surface area (Å²) in [6.07, 6.45) is 1.85. The number of carbonyl (C=O) groups is 1. The Balaban J connectivity index is 1.56. The van der Waals surface area contributed by atoms with Crippen LogP contribution in [0.1, 0.15) is 16.7 Å². The van der Waals surface area contributed by atoms with E-state index in [0.717, 1.165) is 48.7 Å². The maximum atomic E-state index is 13.0. The van der Waals surface area contributed by atoms with Crippen LogP contribution in [-0.2, 0) is 9.53 Å². The van der Waals surface area contributed by atoms with Crippen molar-refractivity contribution < 1.29 is 9.53 Å². The van der Waals surface area contributed by atoms with E-state index in [-0.39, 0.29) is 5.91 Å². The van der Waals surface area contributed by atoms with Crippen LogP contribution in [0, 0.1) is 13.8 Å². The van der Waals surface area contributed by atoms with E-state index in [1.54, 1.807) is 4.90 Å². The molecule has 144 valence electrons. The topological polar surface area (TPSA) is 44.8 Å². The molecule has 0 radical (unpaired) electrons. The quantitative estimate of drug-likeness (QED) is 0.640. The van der Waals surface area contributed by atoms with Gasteiger partial charge in [0, 0.05) is 18.8 Å². The van der Waals surface area contributed by atoms with Gasteiger partial charge in [-0.25, -0.2) is 0 Å². The Morgan fingerprint density at radius 2 is 1.79 bits per heavy atom. The molecule has 1 N–H and O–H groups in total. The third kappa shape index (κ3) is 3.53. The molecule has 2 fully saturated rings. The first-order valence-corrected chi connectivity index (χ1v) is 9.81. The van der Waals surface area contributed by atoms with E-state index in [9.17, 15) is 4.79 Å². The van der Waals surface area contributed by atoms with E-state index in [0.29, 0.717) is 10.8 Å². The third-order valence-corrected chi connectivity index (χ3v) is 5.56. The van der Waals surface area contributed by atoms with E-state index in [4.69, 9.17) is 17.0 Å². The molecule has 5 nitrogen and oxygen atoms in total. The second kappa shape index (κ2) is 7.73. The minimum atomic E-state index is -0.129. The summed E-state index contributed by atoms with van der Waals surface area (Å²) in [5.41, 5.74) is 5.63. The van der Waals surface area contributed by atoms with Gasteiger partial charge in [0.2, 0.25) is 0 Å². The number of hydrogen-bond acceptors (Lipinski definition) is 4. The maximum Gasteiger partial charge on any atom is 0.281 e. The second-order valence-electron chi connectivity index (χ2n) is 7.04. The zero-order valence-corrected chi connectivity index (χ0v) is 16.9. The number of anilines is 2. The highest BCUT2D eigenvalue weighted by atomic mass is 32.1. The molecule has 2 saturated heterocycles. The first-order chi connectivity index (χ1) is 13.5. The largest absolute Gasteiger partial charge is 0.378 e. The molecule has 6 heteroatoms. The lowest BCUT2D eigenvalue weighted by atomic mass is 10.1. The van der Waals surface area contributed by atoms with Gasteiger partial charge in [-0.05, 0) is 67.0 Å². The Hall–Kier alpha value is -2.70. The monoisotopic (exact) mass is 393 g/mol. The SMILES string of the molecule is Cc1cccc(N2C(=O)/C(=C\c3ccc(N4CCOCC4)cc3)NC2=S)c1C. The normalized spacial score (nSPS) is 18.7. The number of amides is 1. The number of thiocarbonyl (C=S) groups is 1. The number of ether oxygens (including phenoxy) is 1. The third-order valence-electron chi connectivity index (χ3n) is 5.28. The lowest BCUT2D eigenvalue weighted by Crippen LogP contribution is -2.36. The summed E-state index contributed by atoms with van der Waals surface area (Å²) < 4.78 is 5.40. The molecule has 4 rings (SSSR count). The van der Waals surface area contributed by atoms with Gasteiger partial charge >= 0.3 is 0 Å². The van der Waals surface area contributed by atoms with Crippen LogP contribution >= 0.6 is 12.2 Å². The highest BCUT2D eigenvalue weighted by Crippen LogP contribution is 2.28. The number of rotatable bonds is 3. The van der Waals surface area contributed by atoms with Crippen LogP contribution in [0.3, 0.4) is 0 Å². The Morgan fingerprint density at radius 1 is 1.07 bits per heavy atom. The molecule has 2 aromatic rings. The molecule has 2 aliphatic rings. The van der Waals surface area contributed by atoms with Crippen molar-refractivity contribution in [2.24, 2.45) is 0 Å². The van der Waals surface area contributed by atoms with E-state index in [1.807, 2.05) is 50.3 Å².